The molecule has 0 fully saturated rings. The lowest BCUT2D eigenvalue weighted by Gasteiger charge is -2.18. The molecule has 1 unspecified atom stereocenters. The Morgan fingerprint density at radius 2 is 0.476 bits per heavy atom. The normalized spacial score (nSPS) is 12.5. The van der Waals surface area contributed by atoms with Gasteiger partial charge in [0, 0.05) is 19.3 Å². The number of rotatable bonds is 66. The lowest BCUT2D eigenvalue weighted by Crippen LogP contribution is -2.30. The summed E-state index contributed by atoms with van der Waals surface area (Å²) in [4.78, 5) is 38.3. The van der Waals surface area contributed by atoms with Crippen molar-refractivity contribution in [2.45, 2.75) is 380 Å². The Bertz CT molecular complexity index is 1500. The minimum absolute atomic E-state index is 0.0710. The van der Waals surface area contributed by atoms with Crippen LogP contribution in [0.4, 0.5) is 0 Å². The summed E-state index contributed by atoms with van der Waals surface area (Å²) in [5.74, 6) is -0.857. The fourth-order valence-electron chi connectivity index (χ4n) is 10.6. The SMILES string of the molecule is CC/C=C\C/C=C\C/C=C\C/C=C\CCCCCCCCCCCCCCC(=O)OC(COC(=O)CCCCCCCCCC)COC(=O)CCCCCCCCCCCCCCCCCCCCC/C=C\C/C=C\CCCCCCC. The molecule has 0 rings (SSSR count). The minimum Gasteiger partial charge on any atom is -0.462 e. The first-order valence-corrected chi connectivity index (χ1v) is 35.9. The van der Waals surface area contributed by atoms with Crippen LogP contribution in [0.2, 0.25) is 0 Å². The van der Waals surface area contributed by atoms with E-state index in [1.54, 1.807) is 0 Å². The molecule has 0 aliphatic heterocycles. The van der Waals surface area contributed by atoms with Gasteiger partial charge >= 0.3 is 17.9 Å². The first kappa shape index (κ1) is 78.8. The largest absolute Gasteiger partial charge is 0.462 e. The Kier molecular flexibility index (Phi) is 67.6. The lowest BCUT2D eigenvalue weighted by molar-refractivity contribution is -0.167. The highest BCUT2D eigenvalue weighted by molar-refractivity contribution is 5.71. The third-order valence-electron chi connectivity index (χ3n) is 15.9. The van der Waals surface area contributed by atoms with Crippen LogP contribution in [0.15, 0.2) is 72.9 Å². The van der Waals surface area contributed by atoms with Crippen molar-refractivity contribution in [3.05, 3.63) is 72.9 Å². The van der Waals surface area contributed by atoms with Crippen LogP contribution in [-0.2, 0) is 28.6 Å². The molecule has 0 aliphatic rings. The second-order valence-electron chi connectivity index (χ2n) is 24.1. The summed E-state index contributed by atoms with van der Waals surface area (Å²) in [7, 11) is 0. The van der Waals surface area contributed by atoms with Gasteiger partial charge in [-0.3, -0.25) is 14.4 Å². The molecule has 0 saturated heterocycles. The standard InChI is InChI=1S/C76H136O6/c1-4-7-10-13-16-19-21-23-25-27-29-31-33-35-36-37-38-39-40-42-43-45-47-49-51-53-55-57-60-63-66-69-75(78)81-72-73(71-80-74(77)68-65-62-59-18-15-12-9-6-3)82-76(79)70-67-64-61-58-56-54-52-50-48-46-44-41-34-32-30-28-26-24-22-20-17-14-11-8-5-2/h8,11,17,20-21,23-24,26-27,29-30,32,73H,4-7,9-10,12-16,18-19,22,25,28,31,33-72H2,1-3H3/b11-8-,20-17-,23-21-,26-24-,29-27-,32-30-. The summed E-state index contributed by atoms with van der Waals surface area (Å²) < 4.78 is 16.9. The molecule has 0 amide bonds. The second kappa shape index (κ2) is 70.3. The average Bonchev–Trinajstić information content (AvgIpc) is 3.48. The first-order valence-electron chi connectivity index (χ1n) is 35.9. The van der Waals surface area contributed by atoms with Crippen molar-refractivity contribution in [2.75, 3.05) is 13.2 Å². The van der Waals surface area contributed by atoms with Gasteiger partial charge in [0.05, 0.1) is 0 Å². The Hall–Kier alpha value is -3.15. The molecule has 0 heterocycles. The molecule has 0 aliphatic carbocycles. The molecule has 0 N–H and O–H groups in total. The van der Waals surface area contributed by atoms with E-state index in [1.807, 2.05) is 0 Å². The van der Waals surface area contributed by atoms with E-state index in [1.165, 1.54) is 244 Å². The molecular weight excluding hydrogens is 1010 g/mol. The number of carbonyl (C=O) groups is 3. The summed E-state index contributed by atoms with van der Waals surface area (Å²) >= 11 is 0. The van der Waals surface area contributed by atoms with Gasteiger partial charge in [-0.2, -0.15) is 0 Å². The number of hydrogen-bond acceptors (Lipinski definition) is 6. The highest BCUT2D eigenvalue weighted by Crippen LogP contribution is 2.18. The fraction of sp³-hybridized carbons (Fsp3) is 0.803. The summed E-state index contributed by atoms with van der Waals surface area (Å²) in [6.45, 7) is 6.54. The van der Waals surface area contributed by atoms with Crippen LogP contribution in [0.5, 0.6) is 0 Å². The van der Waals surface area contributed by atoms with Crippen LogP contribution in [0.3, 0.4) is 0 Å². The van der Waals surface area contributed by atoms with E-state index in [0.29, 0.717) is 19.3 Å². The van der Waals surface area contributed by atoms with Crippen molar-refractivity contribution in [1.82, 2.24) is 0 Å². The molecule has 0 spiro atoms. The molecule has 1 atom stereocenters. The van der Waals surface area contributed by atoms with E-state index >= 15 is 0 Å². The van der Waals surface area contributed by atoms with Crippen LogP contribution in [0.25, 0.3) is 0 Å². The van der Waals surface area contributed by atoms with Gasteiger partial charge in [0.25, 0.3) is 0 Å². The Morgan fingerprint density at radius 1 is 0.256 bits per heavy atom. The quantitative estimate of drug-likeness (QED) is 0.0261. The third-order valence-corrected chi connectivity index (χ3v) is 15.9. The molecule has 476 valence electrons. The van der Waals surface area contributed by atoms with E-state index in [9.17, 15) is 14.4 Å². The summed E-state index contributed by atoms with van der Waals surface area (Å²) in [6, 6.07) is 0. The van der Waals surface area contributed by atoms with Crippen molar-refractivity contribution in [3.63, 3.8) is 0 Å². The smallest absolute Gasteiger partial charge is 0.306 e. The maximum atomic E-state index is 12.9. The van der Waals surface area contributed by atoms with Gasteiger partial charge in [-0.15, -0.1) is 0 Å². The van der Waals surface area contributed by atoms with E-state index in [4.69, 9.17) is 14.2 Å². The van der Waals surface area contributed by atoms with Crippen molar-refractivity contribution >= 4 is 17.9 Å². The van der Waals surface area contributed by atoms with Crippen LogP contribution in [-0.4, -0.2) is 37.2 Å². The van der Waals surface area contributed by atoms with Crippen LogP contribution >= 0.6 is 0 Å². The molecule has 0 aromatic carbocycles. The van der Waals surface area contributed by atoms with Gasteiger partial charge in [-0.05, 0) is 89.9 Å². The van der Waals surface area contributed by atoms with Gasteiger partial charge in [-0.1, -0.05) is 338 Å². The van der Waals surface area contributed by atoms with Crippen molar-refractivity contribution in [3.8, 4) is 0 Å². The average molecular weight is 1150 g/mol. The number of allylic oxidation sites excluding steroid dienone is 12. The van der Waals surface area contributed by atoms with E-state index < -0.39 is 6.10 Å². The summed E-state index contributed by atoms with van der Waals surface area (Å²) in [6.07, 6.45) is 92.5. The molecule has 0 aromatic rings. The molecule has 0 radical (unpaired) electrons. The monoisotopic (exact) mass is 1150 g/mol. The molecule has 0 bridgehead atoms. The fourth-order valence-corrected chi connectivity index (χ4v) is 10.6. The Labute approximate surface area is 510 Å². The predicted octanol–water partition coefficient (Wildman–Crippen LogP) is 24.8. The molecule has 0 saturated carbocycles. The van der Waals surface area contributed by atoms with Gasteiger partial charge in [-0.25, -0.2) is 0 Å². The maximum absolute atomic E-state index is 12.9. The van der Waals surface area contributed by atoms with Gasteiger partial charge in [0.15, 0.2) is 6.10 Å². The highest BCUT2D eigenvalue weighted by atomic mass is 16.6. The molecule has 82 heavy (non-hydrogen) atoms. The predicted molar refractivity (Wildman–Crippen MR) is 358 cm³/mol. The zero-order valence-corrected chi connectivity index (χ0v) is 54.8. The topological polar surface area (TPSA) is 78.9 Å². The zero-order valence-electron chi connectivity index (χ0n) is 54.8. The van der Waals surface area contributed by atoms with E-state index in [0.717, 1.165) is 89.9 Å². The second-order valence-corrected chi connectivity index (χ2v) is 24.1. The van der Waals surface area contributed by atoms with Gasteiger partial charge in [0.1, 0.15) is 13.2 Å². The number of hydrogen-bond donors (Lipinski definition) is 0. The van der Waals surface area contributed by atoms with Gasteiger partial charge < -0.3 is 14.2 Å². The maximum Gasteiger partial charge on any atom is 0.306 e. The number of ether oxygens (including phenoxy) is 3. The van der Waals surface area contributed by atoms with Crippen molar-refractivity contribution in [2.24, 2.45) is 0 Å². The molecular formula is C76H136O6. The molecule has 6 nitrogen and oxygen atoms in total. The minimum atomic E-state index is -0.773. The molecule has 6 heteroatoms. The van der Waals surface area contributed by atoms with Crippen LogP contribution < -0.4 is 0 Å². The summed E-state index contributed by atoms with van der Waals surface area (Å²) in [5.41, 5.74) is 0. The van der Waals surface area contributed by atoms with E-state index in [-0.39, 0.29) is 31.1 Å². The Balaban J connectivity index is 4.06. The van der Waals surface area contributed by atoms with Crippen molar-refractivity contribution in [1.29, 1.82) is 0 Å². The number of unbranched alkanes of at least 4 members (excludes halogenated alkanes) is 43. The van der Waals surface area contributed by atoms with Crippen molar-refractivity contribution < 1.29 is 28.6 Å². The third kappa shape index (κ3) is 67.6. The molecule has 0 aromatic heterocycles. The number of carbonyl (C=O) groups excluding carboxylic acids is 3. The first-order chi connectivity index (χ1) is 40.5. The zero-order chi connectivity index (χ0) is 59.2. The Morgan fingerprint density at radius 3 is 0.744 bits per heavy atom. The van der Waals surface area contributed by atoms with Crippen LogP contribution in [0, 0.1) is 0 Å². The number of esters is 3. The van der Waals surface area contributed by atoms with Crippen LogP contribution in [0.1, 0.15) is 374 Å². The summed E-state index contributed by atoms with van der Waals surface area (Å²) in [5, 5.41) is 0. The van der Waals surface area contributed by atoms with Gasteiger partial charge in [0.2, 0.25) is 0 Å². The highest BCUT2D eigenvalue weighted by Gasteiger charge is 2.19. The van der Waals surface area contributed by atoms with E-state index in [2.05, 4.69) is 93.7 Å². The lowest BCUT2D eigenvalue weighted by atomic mass is 10.0.